The number of rotatable bonds is 11. The lowest BCUT2D eigenvalue weighted by atomic mass is 9.68. The quantitative estimate of drug-likeness (QED) is 0.133. The number of fused-ring (bicyclic) bond motifs is 3. The van der Waals surface area contributed by atoms with Crippen molar-refractivity contribution in [3.63, 3.8) is 0 Å². The zero-order valence-electron chi connectivity index (χ0n) is 34.5. The van der Waals surface area contributed by atoms with Crippen molar-refractivity contribution in [2.24, 2.45) is 5.92 Å². The van der Waals surface area contributed by atoms with Crippen LogP contribution in [-0.2, 0) is 10.2 Å². The number of amides is 1. The molecule has 2 aliphatic carbocycles. The van der Waals surface area contributed by atoms with Gasteiger partial charge in [-0.15, -0.1) is 0 Å². The Morgan fingerprint density at radius 1 is 0.695 bits per heavy atom. The highest BCUT2D eigenvalue weighted by atomic mass is 16.5. The molecule has 6 aromatic carbocycles. The molecule has 3 aliphatic rings. The maximum Gasteiger partial charge on any atom is 0.255 e. The zero-order chi connectivity index (χ0) is 40.2. The first-order valence-corrected chi connectivity index (χ1v) is 21.9. The highest BCUT2D eigenvalue weighted by Crippen LogP contribution is 2.51. The van der Waals surface area contributed by atoms with Crippen LogP contribution in [-0.4, -0.2) is 12.5 Å². The summed E-state index contributed by atoms with van der Waals surface area (Å²) in [6, 6.07) is 53.4. The maximum atomic E-state index is 13.5. The van der Waals surface area contributed by atoms with Gasteiger partial charge in [-0.2, -0.15) is 0 Å². The number of carbonyl (C=O) groups excluding carboxylic acids is 1. The first kappa shape index (κ1) is 38.7. The molecule has 1 heterocycles. The standard InChI is InChI=1S/C56H55NO2/c1-3-4-6-14-40-20-22-41(23-21-40)42-24-26-43(27-25-42)44-28-30-46(31-29-44)55(58)57-49-34-32-45(33-35-49)51-36-47-15-10-11-18-50(47)54-52(51)37-56(38-59-54,48-16-7-5-8-17-48)53-19-12-9-13-39(53)2/h5,7-13,15-19,24-37,40-41,54H,3-4,6,14,20-23,38H2,1-2H3,(H,57,58)/t40-,41-,54?,56?. The Balaban J connectivity index is 0.916. The molecule has 1 amide bonds. The second-order valence-electron chi connectivity index (χ2n) is 17.1. The summed E-state index contributed by atoms with van der Waals surface area (Å²) in [6.07, 6.45) is 15.4. The predicted octanol–water partition coefficient (Wildman–Crippen LogP) is 14.3. The first-order chi connectivity index (χ1) is 29.0. The van der Waals surface area contributed by atoms with Crippen LogP contribution < -0.4 is 5.32 Å². The van der Waals surface area contributed by atoms with Gasteiger partial charge in [0.1, 0.15) is 6.10 Å². The van der Waals surface area contributed by atoms with Crippen molar-refractivity contribution < 1.29 is 9.53 Å². The molecule has 0 bridgehead atoms. The number of unbranched alkanes of at least 4 members (excludes halogenated alkanes) is 2. The second kappa shape index (κ2) is 17.2. The van der Waals surface area contributed by atoms with Crippen LogP contribution in [0.2, 0.25) is 0 Å². The average molecular weight is 774 g/mol. The lowest BCUT2D eigenvalue weighted by Gasteiger charge is -2.42. The van der Waals surface area contributed by atoms with Crippen LogP contribution in [0.25, 0.3) is 22.8 Å². The maximum absolute atomic E-state index is 13.5. The fourth-order valence-corrected chi connectivity index (χ4v) is 9.99. The molecule has 0 radical (unpaired) electrons. The van der Waals surface area contributed by atoms with E-state index >= 15 is 0 Å². The van der Waals surface area contributed by atoms with Crippen LogP contribution in [0, 0.1) is 12.8 Å². The monoisotopic (exact) mass is 773 g/mol. The molecule has 6 aromatic rings. The molecule has 1 fully saturated rings. The second-order valence-corrected chi connectivity index (χ2v) is 17.1. The van der Waals surface area contributed by atoms with E-state index in [1.54, 1.807) is 0 Å². The zero-order valence-corrected chi connectivity index (χ0v) is 34.5. The Kier molecular flexibility index (Phi) is 11.3. The van der Waals surface area contributed by atoms with Crippen molar-refractivity contribution in [2.45, 2.75) is 82.7 Å². The molecular weight excluding hydrogens is 719 g/mol. The molecule has 3 heteroatoms. The normalized spacial score (nSPS) is 21.1. The van der Waals surface area contributed by atoms with Crippen molar-refractivity contribution in [1.82, 2.24) is 0 Å². The summed E-state index contributed by atoms with van der Waals surface area (Å²) in [7, 11) is 0. The van der Waals surface area contributed by atoms with Gasteiger partial charge in [-0.05, 0) is 136 Å². The molecule has 0 aromatic heterocycles. The van der Waals surface area contributed by atoms with Gasteiger partial charge in [-0.1, -0.05) is 166 Å². The summed E-state index contributed by atoms with van der Waals surface area (Å²) in [5.41, 5.74) is 14.1. The van der Waals surface area contributed by atoms with Crippen molar-refractivity contribution in [1.29, 1.82) is 0 Å². The molecule has 1 aliphatic heterocycles. The Labute approximate surface area is 350 Å². The minimum Gasteiger partial charge on any atom is -0.367 e. The molecule has 59 heavy (non-hydrogen) atoms. The Morgan fingerprint density at radius 2 is 1.36 bits per heavy atom. The number of anilines is 1. The van der Waals surface area contributed by atoms with E-state index in [9.17, 15) is 4.79 Å². The number of ether oxygens (including phenoxy) is 1. The van der Waals surface area contributed by atoms with E-state index in [1.807, 2.05) is 24.3 Å². The van der Waals surface area contributed by atoms with Crippen LogP contribution >= 0.6 is 0 Å². The van der Waals surface area contributed by atoms with Gasteiger partial charge in [-0.25, -0.2) is 0 Å². The minimum absolute atomic E-state index is 0.120. The number of hydrogen-bond acceptors (Lipinski definition) is 2. The lowest BCUT2D eigenvalue weighted by molar-refractivity contribution is 0.0463. The highest BCUT2D eigenvalue weighted by Gasteiger charge is 2.42. The predicted molar refractivity (Wildman–Crippen MR) is 245 cm³/mol. The smallest absolute Gasteiger partial charge is 0.255 e. The third kappa shape index (κ3) is 8.01. The minimum atomic E-state index is -0.455. The fraction of sp³-hybridized carbons (Fsp3) is 0.268. The van der Waals surface area contributed by atoms with Gasteiger partial charge in [0.2, 0.25) is 0 Å². The van der Waals surface area contributed by atoms with Crippen molar-refractivity contribution in [3.05, 3.63) is 208 Å². The van der Waals surface area contributed by atoms with Gasteiger partial charge in [0.15, 0.2) is 0 Å². The van der Waals surface area contributed by atoms with E-state index in [2.05, 4.69) is 159 Å². The summed E-state index contributed by atoms with van der Waals surface area (Å²) in [5, 5.41) is 3.15. The fourth-order valence-electron chi connectivity index (χ4n) is 9.99. The van der Waals surface area contributed by atoms with Crippen LogP contribution in [0.1, 0.15) is 120 Å². The number of carbonyl (C=O) groups is 1. The van der Waals surface area contributed by atoms with Crippen LogP contribution in [0.5, 0.6) is 0 Å². The van der Waals surface area contributed by atoms with E-state index in [1.165, 1.54) is 90.3 Å². The molecule has 3 nitrogen and oxygen atoms in total. The van der Waals surface area contributed by atoms with E-state index in [4.69, 9.17) is 4.74 Å². The number of benzene rings is 6. The van der Waals surface area contributed by atoms with Crippen LogP contribution in [0.4, 0.5) is 5.69 Å². The average Bonchev–Trinajstić information content (AvgIpc) is 3.30. The summed E-state index contributed by atoms with van der Waals surface area (Å²) >= 11 is 0. The van der Waals surface area contributed by atoms with Crippen LogP contribution in [0.3, 0.4) is 0 Å². The van der Waals surface area contributed by atoms with Gasteiger partial charge in [-0.3, -0.25) is 4.79 Å². The molecule has 1 N–H and O–H groups in total. The lowest BCUT2D eigenvalue weighted by Crippen LogP contribution is -2.38. The van der Waals surface area contributed by atoms with E-state index < -0.39 is 5.41 Å². The molecular formula is C56H55NO2. The number of nitrogens with one attached hydrogen (secondary N) is 1. The Morgan fingerprint density at radius 3 is 2.08 bits per heavy atom. The Bertz CT molecular complexity index is 2450. The van der Waals surface area contributed by atoms with Gasteiger partial charge in [0.25, 0.3) is 5.91 Å². The van der Waals surface area contributed by atoms with Gasteiger partial charge >= 0.3 is 0 Å². The third-order valence-corrected chi connectivity index (χ3v) is 13.3. The topological polar surface area (TPSA) is 38.3 Å². The molecule has 2 atom stereocenters. The van der Waals surface area contributed by atoms with E-state index in [0.29, 0.717) is 18.1 Å². The number of aryl methyl sites for hydroxylation is 1. The number of hydrogen-bond donors (Lipinski definition) is 1. The molecule has 1 saturated carbocycles. The summed E-state index contributed by atoms with van der Waals surface area (Å²) < 4.78 is 6.98. The molecule has 2 unspecified atom stereocenters. The Hall–Kier alpha value is -5.77. The molecule has 0 saturated heterocycles. The van der Waals surface area contributed by atoms with E-state index in [0.717, 1.165) is 33.9 Å². The van der Waals surface area contributed by atoms with Crippen molar-refractivity contribution in [3.8, 4) is 11.1 Å². The van der Waals surface area contributed by atoms with Gasteiger partial charge in [0.05, 0.1) is 12.0 Å². The SMILES string of the molecule is CCCCC[C@H]1CC[C@H](c2ccc(-c3ccc(C(=O)Nc4ccc(C5=Cc6ccccc6C6OCC(c7ccccc7)(c7ccccc7C)C=C56)cc4)cc3)cc2)CC1. The molecule has 0 spiro atoms. The largest absolute Gasteiger partial charge is 0.367 e. The highest BCUT2D eigenvalue weighted by molar-refractivity contribution is 6.05. The summed E-state index contributed by atoms with van der Waals surface area (Å²) in [4.78, 5) is 13.5. The van der Waals surface area contributed by atoms with Crippen LogP contribution in [0.15, 0.2) is 163 Å². The van der Waals surface area contributed by atoms with Gasteiger partial charge in [0, 0.05) is 11.3 Å². The third-order valence-electron chi connectivity index (χ3n) is 13.3. The summed E-state index contributed by atoms with van der Waals surface area (Å²) in [5.74, 6) is 1.49. The molecule has 296 valence electrons. The molecule has 9 rings (SSSR count). The van der Waals surface area contributed by atoms with Crippen molar-refractivity contribution >= 4 is 23.2 Å². The first-order valence-electron chi connectivity index (χ1n) is 21.9. The van der Waals surface area contributed by atoms with Crippen molar-refractivity contribution in [2.75, 3.05) is 11.9 Å². The summed E-state index contributed by atoms with van der Waals surface area (Å²) in [6.45, 7) is 5.02. The van der Waals surface area contributed by atoms with E-state index in [-0.39, 0.29) is 12.0 Å². The van der Waals surface area contributed by atoms with Gasteiger partial charge < -0.3 is 10.1 Å².